The molecule has 1 saturated heterocycles. The van der Waals surface area contributed by atoms with Crippen molar-refractivity contribution in [3.8, 4) is 0 Å². The van der Waals surface area contributed by atoms with Crippen LogP contribution in [0.15, 0.2) is 29.9 Å². The Morgan fingerprint density at radius 3 is 2.90 bits per heavy atom. The van der Waals surface area contributed by atoms with Gasteiger partial charge >= 0.3 is 5.97 Å². The summed E-state index contributed by atoms with van der Waals surface area (Å²) < 4.78 is 7.02. The number of thiazole rings is 1. The number of rotatable bonds is 7. The van der Waals surface area contributed by atoms with Crippen LogP contribution in [0.1, 0.15) is 35.1 Å². The Balaban J connectivity index is 1.23. The summed E-state index contributed by atoms with van der Waals surface area (Å²) in [5.41, 5.74) is 2.54. The summed E-state index contributed by atoms with van der Waals surface area (Å²) in [6, 6.07) is 3.64. The van der Waals surface area contributed by atoms with E-state index in [1.54, 1.807) is 30.4 Å². The largest absolute Gasteiger partial charge is 0.462 e. The smallest absolute Gasteiger partial charge is 0.339 e. The summed E-state index contributed by atoms with van der Waals surface area (Å²) in [6.07, 6.45) is 4.67. The van der Waals surface area contributed by atoms with E-state index in [1.807, 2.05) is 13.1 Å². The molecule has 3 aromatic heterocycles. The van der Waals surface area contributed by atoms with E-state index in [1.165, 1.54) is 6.20 Å². The summed E-state index contributed by atoms with van der Waals surface area (Å²) in [5.74, 6) is 0.477. The molecule has 1 N–H and O–H groups in total. The molecule has 0 bridgehead atoms. The Labute approximate surface area is 172 Å². The van der Waals surface area contributed by atoms with Crippen molar-refractivity contribution in [3.05, 3.63) is 46.9 Å². The molecule has 1 aliphatic rings. The molecule has 1 aliphatic heterocycles. The number of amides is 1. The summed E-state index contributed by atoms with van der Waals surface area (Å²) in [5, 5.41) is 5.14. The van der Waals surface area contributed by atoms with Crippen LogP contribution in [-0.2, 0) is 16.0 Å². The van der Waals surface area contributed by atoms with E-state index in [2.05, 4.69) is 30.0 Å². The van der Waals surface area contributed by atoms with Crippen LogP contribution in [0.2, 0.25) is 0 Å². The molecule has 0 radical (unpaired) electrons. The van der Waals surface area contributed by atoms with E-state index in [9.17, 15) is 9.59 Å². The van der Waals surface area contributed by atoms with Crippen LogP contribution < -0.4 is 10.2 Å². The minimum Gasteiger partial charge on any atom is -0.462 e. The number of imidazole rings is 1. The Morgan fingerprint density at radius 1 is 1.34 bits per heavy atom. The van der Waals surface area contributed by atoms with Gasteiger partial charge in [0.2, 0.25) is 5.91 Å². The van der Waals surface area contributed by atoms with Gasteiger partial charge in [-0.25, -0.2) is 14.8 Å². The molecule has 0 aromatic carbocycles. The maximum absolute atomic E-state index is 12.3. The predicted octanol–water partition coefficient (Wildman–Crippen LogP) is 2.21. The Bertz CT molecular complexity index is 1020. The minimum absolute atomic E-state index is 0.0523. The Kier molecular flexibility index (Phi) is 5.48. The highest BCUT2D eigenvalue weighted by Gasteiger charge is 2.29. The van der Waals surface area contributed by atoms with Crippen molar-refractivity contribution in [2.75, 3.05) is 24.6 Å². The summed E-state index contributed by atoms with van der Waals surface area (Å²) in [7, 11) is 0. The molecular weight excluding hydrogens is 390 g/mol. The molecule has 1 fully saturated rings. The molecule has 0 spiro atoms. The molecule has 152 valence electrons. The number of hydrogen-bond acceptors (Lipinski definition) is 7. The van der Waals surface area contributed by atoms with Gasteiger partial charge in [0.15, 0.2) is 4.96 Å². The molecular formula is C20H23N5O3S. The van der Waals surface area contributed by atoms with Crippen molar-refractivity contribution in [1.82, 2.24) is 19.7 Å². The van der Waals surface area contributed by atoms with Crippen LogP contribution in [0.3, 0.4) is 0 Å². The lowest BCUT2D eigenvalue weighted by atomic mass is 10.1. The van der Waals surface area contributed by atoms with E-state index in [4.69, 9.17) is 4.74 Å². The normalized spacial score (nSPS) is 14.1. The van der Waals surface area contributed by atoms with Crippen molar-refractivity contribution in [2.45, 2.75) is 32.7 Å². The van der Waals surface area contributed by atoms with E-state index in [-0.39, 0.29) is 17.9 Å². The Hall–Kier alpha value is -2.94. The number of carbonyl (C=O) groups excluding carboxylic acids is 2. The molecule has 1 amide bonds. The highest BCUT2D eigenvalue weighted by Crippen LogP contribution is 2.20. The number of pyridine rings is 1. The number of ether oxygens (including phenoxy) is 1. The van der Waals surface area contributed by atoms with Crippen molar-refractivity contribution < 1.29 is 14.3 Å². The molecule has 0 unspecified atom stereocenters. The number of anilines is 1. The monoisotopic (exact) mass is 413 g/mol. The number of hydrogen-bond donors (Lipinski definition) is 1. The van der Waals surface area contributed by atoms with Gasteiger partial charge in [-0.15, -0.1) is 11.3 Å². The van der Waals surface area contributed by atoms with Gasteiger partial charge < -0.3 is 15.0 Å². The molecule has 9 heteroatoms. The van der Waals surface area contributed by atoms with Crippen LogP contribution in [-0.4, -0.2) is 52.0 Å². The van der Waals surface area contributed by atoms with Gasteiger partial charge in [-0.3, -0.25) is 9.20 Å². The van der Waals surface area contributed by atoms with Crippen LogP contribution >= 0.6 is 11.3 Å². The maximum atomic E-state index is 12.3. The average molecular weight is 414 g/mol. The standard InChI is InChI=1S/C20H23N5O3S/c1-3-28-19(27)14-4-6-17(21-8-14)24-10-15(11-24)23-18(26)7-5-16-12-29-20-22-13(2)9-25(16)20/h4,6,8-9,12,15H,3,5,7,10-11H2,1-2H3,(H,23,26). The fourth-order valence-electron chi connectivity index (χ4n) is 3.33. The van der Waals surface area contributed by atoms with Crippen molar-refractivity contribution >= 4 is 34.0 Å². The van der Waals surface area contributed by atoms with Crippen LogP contribution in [0.5, 0.6) is 0 Å². The van der Waals surface area contributed by atoms with Crippen molar-refractivity contribution in [2.24, 2.45) is 0 Å². The summed E-state index contributed by atoms with van der Waals surface area (Å²) in [6.45, 7) is 5.50. The first-order valence-corrected chi connectivity index (χ1v) is 10.5. The zero-order valence-corrected chi connectivity index (χ0v) is 17.2. The van der Waals surface area contributed by atoms with Gasteiger partial charge in [-0.2, -0.15) is 0 Å². The molecule has 3 aromatic rings. The van der Waals surface area contributed by atoms with Gasteiger partial charge in [-0.05, 0) is 32.4 Å². The maximum Gasteiger partial charge on any atom is 0.339 e. The third-order valence-corrected chi connectivity index (χ3v) is 5.73. The molecule has 8 nitrogen and oxygen atoms in total. The highest BCUT2D eigenvalue weighted by molar-refractivity contribution is 7.15. The molecule has 29 heavy (non-hydrogen) atoms. The third-order valence-electron chi connectivity index (χ3n) is 4.84. The number of aryl methyl sites for hydroxylation is 2. The first-order valence-electron chi connectivity index (χ1n) is 9.63. The SMILES string of the molecule is CCOC(=O)c1ccc(N2CC(NC(=O)CCc3csc4nc(C)cn34)C2)nc1. The number of esters is 1. The minimum atomic E-state index is -0.367. The Morgan fingerprint density at radius 2 is 2.17 bits per heavy atom. The lowest BCUT2D eigenvalue weighted by molar-refractivity contribution is -0.121. The molecule has 4 heterocycles. The predicted molar refractivity (Wildman–Crippen MR) is 110 cm³/mol. The molecule has 0 atom stereocenters. The number of carbonyl (C=O) groups is 2. The zero-order chi connectivity index (χ0) is 20.4. The quantitative estimate of drug-likeness (QED) is 0.598. The second-order valence-corrected chi connectivity index (χ2v) is 7.89. The first kappa shape index (κ1) is 19.4. The van der Waals surface area contributed by atoms with E-state index >= 15 is 0 Å². The first-order chi connectivity index (χ1) is 14.0. The van der Waals surface area contributed by atoms with Gasteiger partial charge in [-0.1, -0.05) is 0 Å². The summed E-state index contributed by atoms with van der Waals surface area (Å²) >= 11 is 1.60. The second-order valence-electron chi connectivity index (χ2n) is 7.06. The lowest BCUT2D eigenvalue weighted by Gasteiger charge is -2.40. The second kappa shape index (κ2) is 8.20. The zero-order valence-electron chi connectivity index (χ0n) is 16.4. The van der Waals surface area contributed by atoms with Crippen molar-refractivity contribution in [3.63, 3.8) is 0 Å². The highest BCUT2D eigenvalue weighted by atomic mass is 32.1. The van der Waals surface area contributed by atoms with Gasteiger partial charge in [0, 0.05) is 43.0 Å². The number of nitrogens with one attached hydrogen (secondary N) is 1. The number of nitrogens with zero attached hydrogens (tertiary/aromatic N) is 4. The van der Waals surface area contributed by atoms with Crippen molar-refractivity contribution in [1.29, 1.82) is 0 Å². The molecule has 4 rings (SSSR count). The molecule has 0 saturated carbocycles. The van der Waals surface area contributed by atoms with E-state index in [0.717, 1.165) is 22.2 Å². The van der Waals surface area contributed by atoms with Gasteiger partial charge in [0.25, 0.3) is 0 Å². The van der Waals surface area contributed by atoms with Crippen LogP contribution in [0.4, 0.5) is 5.82 Å². The number of aromatic nitrogens is 3. The average Bonchev–Trinajstić information content (AvgIpc) is 3.22. The molecule has 0 aliphatic carbocycles. The van der Waals surface area contributed by atoms with Gasteiger partial charge in [0.1, 0.15) is 5.82 Å². The lowest BCUT2D eigenvalue weighted by Crippen LogP contribution is -2.59. The fraction of sp³-hybridized carbons (Fsp3) is 0.400. The van der Waals surface area contributed by atoms with Crippen LogP contribution in [0.25, 0.3) is 4.96 Å². The third kappa shape index (κ3) is 4.24. The summed E-state index contributed by atoms with van der Waals surface area (Å²) in [4.78, 5) is 35.8. The van der Waals surface area contributed by atoms with Gasteiger partial charge in [0.05, 0.1) is 23.9 Å². The topological polar surface area (TPSA) is 88.8 Å². The van der Waals surface area contributed by atoms with E-state index < -0.39 is 0 Å². The number of fused-ring (bicyclic) bond motifs is 1. The van der Waals surface area contributed by atoms with E-state index in [0.29, 0.717) is 38.1 Å². The van der Waals surface area contributed by atoms with Crippen LogP contribution in [0, 0.1) is 6.92 Å². The fourth-order valence-corrected chi connectivity index (χ4v) is 4.28.